The smallest absolute Gasteiger partial charge is 0.272 e. The van der Waals surface area contributed by atoms with E-state index in [1.807, 2.05) is 0 Å². The van der Waals surface area contributed by atoms with E-state index in [4.69, 9.17) is 10.5 Å². The van der Waals surface area contributed by atoms with Gasteiger partial charge in [-0.05, 0) is 32.0 Å². The van der Waals surface area contributed by atoms with Crippen LogP contribution < -0.4 is 15.8 Å². The van der Waals surface area contributed by atoms with E-state index in [-0.39, 0.29) is 12.4 Å². The van der Waals surface area contributed by atoms with Crippen molar-refractivity contribution in [3.05, 3.63) is 23.9 Å². The summed E-state index contributed by atoms with van der Waals surface area (Å²) in [5.74, 6) is 0.526. The number of rotatable bonds is 8. The average molecular weight is 341 g/mol. The van der Waals surface area contributed by atoms with Gasteiger partial charge in [0.1, 0.15) is 0 Å². The highest BCUT2D eigenvalue weighted by molar-refractivity contribution is 5.77. The molecule has 2 heterocycles. The number of halogens is 2. The summed E-state index contributed by atoms with van der Waals surface area (Å²) in [6.07, 6.45) is -0.141. The lowest BCUT2D eigenvalue weighted by Gasteiger charge is -2.23. The minimum absolute atomic E-state index is 0.166. The summed E-state index contributed by atoms with van der Waals surface area (Å²) >= 11 is 0. The highest BCUT2D eigenvalue weighted by Gasteiger charge is 2.22. The zero-order valence-electron chi connectivity index (χ0n) is 13.9. The summed E-state index contributed by atoms with van der Waals surface area (Å²) in [6.45, 7) is 4.71. The topological polar surface area (TPSA) is 75.8 Å². The molecule has 0 aliphatic carbocycles. The van der Waals surface area contributed by atoms with E-state index in [1.54, 1.807) is 12.1 Å². The predicted octanol–water partition coefficient (Wildman–Crippen LogP) is 1.61. The highest BCUT2D eigenvalue weighted by Crippen LogP contribution is 2.15. The van der Waals surface area contributed by atoms with E-state index in [9.17, 15) is 8.78 Å². The van der Waals surface area contributed by atoms with Gasteiger partial charge in [0.05, 0.1) is 12.2 Å². The number of pyridine rings is 1. The number of ether oxygens (including phenoxy) is 1. The number of alkyl halides is 2. The molecule has 24 heavy (non-hydrogen) atoms. The number of hydrogen-bond acceptors (Lipinski definition) is 4. The van der Waals surface area contributed by atoms with Gasteiger partial charge in [0.25, 0.3) is 6.43 Å². The second-order valence-corrected chi connectivity index (χ2v) is 5.68. The van der Waals surface area contributed by atoms with Crippen molar-refractivity contribution in [3.63, 3.8) is 0 Å². The number of likely N-dealkylation sites (tertiary alicyclic amines) is 1. The highest BCUT2D eigenvalue weighted by atomic mass is 19.3. The Hall–Kier alpha value is -1.96. The molecule has 6 nitrogen and oxygen atoms in total. The quantitative estimate of drug-likeness (QED) is 0.555. The first-order chi connectivity index (χ1) is 11.6. The van der Waals surface area contributed by atoms with E-state index in [2.05, 4.69) is 27.1 Å². The Labute approximate surface area is 141 Å². The van der Waals surface area contributed by atoms with Gasteiger partial charge >= 0.3 is 0 Å². The first-order valence-corrected chi connectivity index (χ1v) is 8.23. The molecule has 0 radical (unpaired) electrons. The molecule has 0 amide bonds. The molecular weight excluding hydrogens is 316 g/mol. The number of nitrogens with one attached hydrogen (secondary N) is 1. The summed E-state index contributed by atoms with van der Waals surface area (Å²) in [5.41, 5.74) is 6.50. The van der Waals surface area contributed by atoms with Crippen LogP contribution in [-0.4, -0.2) is 54.6 Å². The first-order valence-electron chi connectivity index (χ1n) is 8.23. The Morgan fingerprint density at radius 1 is 1.54 bits per heavy atom. The standard InChI is InChI=1S/C16H25F2N5O/c1-2-23-8-4-6-13(23)10-21-16(19)20-9-12-5-3-7-15(22-12)24-11-14(17)18/h3,5,7,13-14H,2,4,6,8-11H2,1H3,(H3,19,20,21). The number of aromatic nitrogens is 1. The number of likely N-dealkylation sites (N-methyl/N-ethyl adjacent to an activating group) is 1. The largest absolute Gasteiger partial charge is 0.472 e. The minimum atomic E-state index is -2.52. The molecule has 1 aromatic rings. The van der Waals surface area contributed by atoms with Crippen LogP contribution in [0.3, 0.4) is 0 Å². The van der Waals surface area contributed by atoms with Gasteiger partial charge < -0.3 is 15.8 Å². The van der Waals surface area contributed by atoms with Crippen LogP contribution >= 0.6 is 0 Å². The average Bonchev–Trinajstić information content (AvgIpc) is 3.04. The van der Waals surface area contributed by atoms with Gasteiger partial charge in [-0.2, -0.15) is 0 Å². The van der Waals surface area contributed by atoms with E-state index >= 15 is 0 Å². The van der Waals surface area contributed by atoms with Crippen LogP contribution in [-0.2, 0) is 6.54 Å². The number of nitrogens with zero attached hydrogens (tertiary/aromatic N) is 3. The first kappa shape index (κ1) is 18.4. The molecule has 0 aromatic carbocycles. The Bertz CT molecular complexity index is 541. The lowest BCUT2D eigenvalue weighted by Crippen LogP contribution is -2.42. The van der Waals surface area contributed by atoms with E-state index in [0.29, 0.717) is 17.7 Å². The SMILES string of the molecule is CCN1CCCC1CNC(N)=NCc1cccc(OCC(F)F)n1. The lowest BCUT2D eigenvalue weighted by atomic mass is 10.2. The molecule has 0 spiro atoms. The molecule has 0 saturated carbocycles. The maximum Gasteiger partial charge on any atom is 0.272 e. The van der Waals surface area contributed by atoms with Crippen molar-refractivity contribution in [1.29, 1.82) is 0 Å². The maximum absolute atomic E-state index is 12.1. The van der Waals surface area contributed by atoms with E-state index in [1.165, 1.54) is 18.9 Å². The fourth-order valence-corrected chi connectivity index (χ4v) is 2.76. The van der Waals surface area contributed by atoms with Crippen LogP contribution in [0.1, 0.15) is 25.5 Å². The number of aliphatic imine (C=N–C) groups is 1. The number of nitrogens with two attached hydrogens (primary N) is 1. The van der Waals surface area contributed by atoms with Crippen molar-refractivity contribution in [1.82, 2.24) is 15.2 Å². The normalized spacial score (nSPS) is 19.0. The summed E-state index contributed by atoms with van der Waals surface area (Å²) in [6, 6.07) is 5.48. The molecule has 1 saturated heterocycles. The second-order valence-electron chi connectivity index (χ2n) is 5.68. The lowest BCUT2D eigenvalue weighted by molar-refractivity contribution is 0.0795. The van der Waals surface area contributed by atoms with Crippen LogP contribution in [0.5, 0.6) is 5.88 Å². The maximum atomic E-state index is 12.1. The van der Waals surface area contributed by atoms with Crippen molar-refractivity contribution in [2.24, 2.45) is 10.7 Å². The van der Waals surface area contributed by atoms with Crippen LogP contribution in [0.4, 0.5) is 8.78 Å². The molecule has 8 heteroatoms. The molecule has 1 aliphatic rings. The van der Waals surface area contributed by atoms with Gasteiger partial charge in [-0.25, -0.2) is 18.8 Å². The van der Waals surface area contributed by atoms with E-state index < -0.39 is 13.0 Å². The Kier molecular flexibility index (Phi) is 7.17. The molecule has 1 aromatic heterocycles. The zero-order valence-corrected chi connectivity index (χ0v) is 13.9. The molecule has 1 unspecified atom stereocenters. The third kappa shape index (κ3) is 5.92. The summed E-state index contributed by atoms with van der Waals surface area (Å²) in [7, 11) is 0. The molecule has 2 rings (SSSR count). The van der Waals surface area contributed by atoms with Crippen molar-refractivity contribution < 1.29 is 13.5 Å². The molecule has 134 valence electrons. The van der Waals surface area contributed by atoms with Crippen LogP contribution in [0.25, 0.3) is 0 Å². The van der Waals surface area contributed by atoms with Gasteiger partial charge in [0, 0.05) is 18.7 Å². The predicted molar refractivity (Wildman–Crippen MR) is 89.3 cm³/mol. The van der Waals surface area contributed by atoms with Crippen molar-refractivity contribution in [3.8, 4) is 5.88 Å². The molecule has 1 atom stereocenters. The summed E-state index contributed by atoms with van der Waals surface area (Å²) in [5, 5.41) is 3.14. The Balaban J connectivity index is 1.80. The van der Waals surface area contributed by atoms with Crippen LogP contribution in [0.15, 0.2) is 23.2 Å². The molecule has 1 fully saturated rings. The van der Waals surface area contributed by atoms with Crippen molar-refractivity contribution >= 4 is 5.96 Å². The van der Waals surface area contributed by atoms with Gasteiger partial charge in [0.2, 0.25) is 5.88 Å². The Morgan fingerprint density at radius 3 is 3.12 bits per heavy atom. The fourth-order valence-electron chi connectivity index (χ4n) is 2.76. The monoisotopic (exact) mass is 341 g/mol. The zero-order chi connectivity index (χ0) is 17.4. The summed E-state index contributed by atoms with van der Waals surface area (Å²) in [4.78, 5) is 10.8. The van der Waals surface area contributed by atoms with Crippen LogP contribution in [0, 0.1) is 0 Å². The van der Waals surface area contributed by atoms with Gasteiger partial charge in [-0.15, -0.1) is 0 Å². The van der Waals surface area contributed by atoms with E-state index in [0.717, 1.165) is 19.6 Å². The number of guanidine groups is 1. The molecule has 1 aliphatic heterocycles. The molecule has 3 N–H and O–H groups in total. The molecule has 0 bridgehead atoms. The number of hydrogen-bond donors (Lipinski definition) is 2. The second kappa shape index (κ2) is 9.36. The van der Waals surface area contributed by atoms with Crippen LogP contribution in [0.2, 0.25) is 0 Å². The summed E-state index contributed by atoms with van der Waals surface area (Å²) < 4.78 is 29.2. The van der Waals surface area contributed by atoms with Crippen molar-refractivity contribution in [2.75, 3.05) is 26.2 Å². The Morgan fingerprint density at radius 2 is 2.38 bits per heavy atom. The van der Waals surface area contributed by atoms with Gasteiger partial charge in [-0.1, -0.05) is 13.0 Å². The minimum Gasteiger partial charge on any atom is -0.472 e. The fraction of sp³-hybridized carbons (Fsp3) is 0.625. The van der Waals surface area contributed by atoms with Crippen molar-refractivity contribution in [2.45, 2.75) is 38.8 Å². The van der Waals surface area contributed by atoms with Gasteiger partial charge in [-0.3, -0.25) is 4.90 Å². The third-order valence-electron chi connectivity index (χ3n) is 3.97. The van der Waals surface area contributed by atoms with Gasteiger partial charge in [0.15, 0.2) is 12.6 Å². The third-order valence-corrected chi connectivity index (χ3v) is 3.97. The molecular formula is C16H25F2N5O.